The summed E-state index contributed by atoms with van der Waals surface area (Å²) in [6.45, 7) is 6.47. The van der Waals surface area contributed by atoms with Gasteiger partial charge in [-0.05, 0) is 108 Å². The number of hydrogen-bond donors (Lipinski definition) is 0. The first-order valence-corrected chi connectivity index (χ1v) is 14.6. The summed E-state index contributed by atoms with van der Waals surface area (Å²) < 4.78 is 17.3. The van der Waals surface area contributed by atoms with Crippen LogP contribution in [0.2, 0.25) is 0 Å². The van der Waals surface area contributed by atoms with Crippen molar-refractivity contribution >= 4 is 57.2 Å². The fourth-order valence-electron chi connectivity index (χ4n) is 7.26. The molecule has 6 aromatic carbocycles. The molecule has 0 atom stereocenters. The van der Waals surface area contributed by atoms with Crippen molar-refractivity contribution in [3.63, 3.8) is 0 Å². The predicted molar refractivity (Wildman–Crippen MR) is 180 cm³/mol. The van der Waals surface area contributed by atoms with Crippen LogP contribution in [0.5, 0.6) is 0 Å². The summed E-state index contributed by atoms with van der Waals surface area (Å²) in [4.78, 5) is 4.73. The lowest BCUT2D eigenvalue weighted by Crippen LogP contribution is -2.61. The lowest BCUT2D eigenvalue weighted by atomic mass is 9.33. The molecule has 0 unspecified atom stereocenters. The molecule has 0 amide bonds. The van der Waals surface area contributed by atoms with E-state index in [0.29, 0.717) is 12.1 Å². The van der Waals surface area contributed by atoms with E-state index in [1.807, 2.05) is 24.3 Å². The number of rotatable bonds is 3. The van der Waals surface area contributed by atoms with Crippen molar-refractivity contribution in [2.45, 2.75) is 20.8 Å². The van der Waals surface area contributed by atoms with Gasteiger partial charge in [0, 0.05) is 34.1 Å². The molecule has 0 radical (unpaired) electrons. The Hall–Kier alpha value is -5.02. The third-order valence-corrected chi connectivity index (χ3v) is 8.75. The zero-order valence-electron chi connectivity index (χ0n) is 26.0. The molecule has 3 heteroatoms. The number of para-hydroxylation sites is 4. The maximum absolute atomic E-state index is 8.67. The van der Waals surface area contributed by atoms with Crippen molar-refractivity contribution in [1.82, 2.24) is 0 Å². The number of benzene rings is 6. The van der Waals surface area contributed by atoms with Gasteiger partial charge in [-0.1, -0.05) is 90.4 Å². The first kappa shape index (κ1) is 22.6. The minimum absolute atomic E-state index is 0.116. The van der Waals surface area contributed by atoms with Gasteiger partial charge in [0.15, 0.2) is 0 Å². The Labute approximate surface area is 251 Å². The molecule has 0 saturated carbocycles. The average molecular weight is 541 g/mol. The minimum atomic E-state index is -0.116. The smallest absolute Gasteiger partial charge is 0.252 e. The molecule has 0 aliphatic carbocycles. The number of hydrogen-bond acceptors (Lipinski definition) is 2. The highest BCUT2D eigenvalue weighted by atomic mass is 15.2. The van der Waals surface area contributed by atoms with Gasteiger partial charge in [0.2, 0.25) is 0 Å². The average Bonchev–Trinajstić information content (AvgIpc) is 3.01. The Morgan fingerprint density at radius 1 is 0.524 bits per heavy atom. The van der Waals surface area contributed by atoms with E-state index in [9.17, 15) is 0 Å². The Morgan fingerprint density at radius 3 is 1.48 bits per heavy atom. The molecule has 2 heterocycles. The zero-order valence-corrected chi connectivity index (χ0v) is 24.0. The second-order valence-electron chi connectivity index (χ2n) is 11.4. The van der Waals surface area contributed by atoms with Crippen LogP contribution in [-0.4, -0.2) is 6.71 Å². The van der Waals surface area contributed by atoms with E-state index >= 15 is 0 Å². The fourth-order valence-corrected chi connectivity index (χ4v) is 7.26. The molecule has 200 valence electrons. The summed E-state index contributed by atoms with van der Waals surface area (Å²) in [5, 5.41) is 0. The molecule has 0 fully saturated rings. The topological polar surface area (TPSA) is 6.48 Å². The Morgan fingerprint density at radius 2 is 1.00 bits per heavy atom. The molecular formula is C39H31BN2. The van der Waals surface area contributed by atoms with Crippen LogP contribution < -0.4 is 26.2 Å². The maximum Gasteiger partial charge on any atom is 0.252 e. The molecule has 6 aromatic rings. The molecule has 2 nitrogen and oxygen atoms in total. The van der Waals surface area contributed by atoms with E-state index in [1.54, 1.807) is 0 Å². The van der Waals surface area contributed by atoms with E-state index < -0.39 is 0 Å². The van der Waals surface area contributed by atoms with Gasteiger partial charge in [-0.2, -0.15) is 0 Å². The van der Waals surface area contributed by atoms with Gasteiger partial charge in [-0.15, -0.1) is 0 Å². The van der Waals surface area contributed by atoms with Crippen LogP contribution in [0.3, 0.4) is 0 Å². The van der Waals surface area contributed by atoms with Crippen LogP contribution >= 0.6 is 0 Å². The number of anilines is 6. The van der Waals surface area contributed by atoms with Gasteiger partial charge in [-0.3, -0.25) is 0 Å². The Kier molecular flexibility index (Phi) is 5.14. The largest absolute Gasteiger partial charge is 0.311 e. The molecule has 8 rings (SSSR count). The van der Waals surface area contributed by atoms with Crippen molar-refractivity contribution < 1.29 is 2.74 Å². The van der Waals surface area contributed by atoms with E-state index in [4.69, 9.17) is 2.74 Å². The monoisotopic (exact) mass is 540 g/mol. The summed E-state index contributed by atoms with van der Waals surface area (Å²) in [5.41, 5.74) is 16.1. The van der Waals surface area contributed by atoms with E-state index in [1.165, 1.54) is 33.3 Å². The van der Waals surface area contributed by atoms with Crippen LogP contribution in [0.15, 0.2) is 133 Å². The second kappa shape index (κ2) is 9.53. The van der Waals surface area contributed by atoms with Crippen molar-refractivity contribution in [3.05, 3.63) is 150 Å². The SMILES string of the molecule is [2H]c1ccc2c(c1)B1c3cc([2H])ccc3N(c3ccccc3)c3cc(-c4c(C)cc(C)cc4C)cc(c31)N2c1ccccc1. The zero-order chi connectivity index (χ0) is 30.1. The van der Waals surface area contributed by atoms with Crippen LogP contribution in [0.1, 0.15) is 19.4 Å². The molecular weight excluding hydrogens is 507 g/mol. The highest BCUT2D eigenvalue weighted by Crippen LogP contribution is 2.46. The molecule has 0 aromatic heterocycles. The highest BCUT2D eigenvalue weighted by Gasteiger charge is 2.43. The summed E-state index contributed by atoms with van der Waals surface area (Å²) in [5.74, 6) is 0. The minimum Gasteiger partial charge on any atom is -0.311 e. The Balaban J connectivity index is 1.54. The van der Waals surface area contributed by atoms with Gasteiger partial charge in [0.1, 0.15) is 0 Å². The summed E-state index contributed by atoms with van der Waals surface area (Å²) >= 11 is 0. The van der Waals surface area contributed by atoms with Gasteiger partial charge >= 0.3 is 0 Å². The predicted octanol–water partition coefficient (Wildman–Crippen LogP) is 8.36. The third kappa shape index (κ3) is 3.67. The summed E-state index contributed by atoms with van der Waals surface area (Å²) in [6, 6.07) is 43.3. The first-order chi connectivity index (χ1) is 21.4. The lowest BCUT2D eigenvalue weighted by Gasteiger charge is -2.44. The van der Waals surface area contributed by atoms with Gasteiger partial charge in [0.05, 0.1) is 2.74 Å². The Bertz CT molecular complexity index is 1950. The van der Waals surface area contributed by atoms with E-state index in [-0.39, 0.29) is 6.71 Å². The third-order valence-electron chi connectivity index (χ3n) is 8.75. The summed E-state index contributed by atoms with van der Waals surface area (Å²) in [6.07, 6.45) is 0. The number of nitrogens with zero attached hydrogens (tertiary/aromatic N) is 2. The highest BCUT2D eigenvalue weighted by molar-refractivity contribution is 7.00. The van der Waals surface area contributed by atoms with Crippen LogP contribution in [-0.2, 0) is 0 Å². The quantitative estimate of drug-likeness (QED) is 0.208. The van der Waals surface area contributed by atoms with E-state index in [0.717, 1.165) is 45.0 Å². The molecule has 0 spiro atoms. The molecule has 2 aliphatic heterocycles. The summed E-state index contributed by atoms with van der Waals surface area (Å²) in [7, 11) is 0. The van der Waals surface area contributed by atoms with Crippen molar-refractivity contribution in [2.24, 2.45) is 0 Å². The lowest BCUT2D eigenvalue weighted by molar-refractivity contribution is 1.25. The first-order valence-electron chi connectivity index (χ1n) is 15.6. The van der Waals surface area contributed by atoms with Crippen molar-refractivity contribution in [2.75, 3.05) is 9.80 Å². The van der Waals surface area contributed by atoms with Gasteiger partial charge in [0.25, 0.3) is 6.71 Å². The number of fused-ring (bicyclic) bond motifs is 4. The molecule has 0 N–H and O–H groups in total. The molecule has 0 bridgehead atoms. The number of aryl methyl sites for hydroxylation is 3. The fraction of sp³-hybridized carbons (Fsp3) is 0.0769. The molecule has 42 heavy (non-hydrogen) atoms. The van der Waals surface area contributed by atoms with Crippen molar-refractivity contribution in [1.29, 1.82) is 0 Å². The molecule has 0 saturated heterocycles. The molecule has 2 aliphatic rings. The second-order valence-corrected chi connectivity index (χ2v) is 11.4. The van der Waals surface area contributed by atoms with Crippen LogP contribution in [0.4, 0.5) is 34.1 Å². The van der Waals surface area contributed by atoms with Gasteiger partial charge in [-0.25, -0.2) is 0 Å². The van der Waals surface area contributed by atoms with Crippen molar-refractivity contribution in [3.8, 4) is 11.1 Å². The normalized spacial score (nSPS) is 13.6. The van der Waals surface area contributed by atoms with Crippen LogP contribution in [0, 0.1) is 20.8 Å². The van der Waals surface area contributed by atoms with Crippen LogP contribution in [0.25, 0.3) is 11.1 Å². The maximum atomic E-state index is 8.67. The standard InChI is InChI=1S/C39H31BN2/c1-26-22-27(2)38(28(3)23-26)29-24-36-39-37(25-29)42(31-16-8-5-9-17-31)35-21-13-11-19-33(35)40(39)32-18-10-12-20-34(32)41(36)30-14-6-4-7-15-30/h4-25H,1-3H3/i10D,11D. The van der Waals surface area contributed by atoms with E-state index in [2.05, 4.69) is 128 Å². The van der Waals surface area contributed by atoms with Gasteiger partial charge < -0.3 is 9.80 Å².